The fourth-order valence-electron chi connectivity index (χ4n) is 2.73. The first-order valence-electron chi connectivity index (χ1n) is 7.50. The highest BCUT2D eigenvalue weighted by molar-refractivity contribution is 6.30. The molecular formula is C18H9Cl2N5O. The molecule has 0 radical (unpaired) electrons. The van der Waals surface area contributed by atoms with Crippen molar-refractivity contribution < 1.29 is 4.29 Å². The Bertz CT molecular complexity index is 1150. The number of aromatic amines is 1. The summed E-state index contributed by atoms with van der Waals surface area (Å²) in [6.07, 6.45) is 0. The fraction of sp³-hybridized carbons (Fsp3) is 0. The molecule has 0 unspecified atom stereocenters. The number of nitrogens with one attached hydrogen (secondary N) is 1. The molecule has 0 fully saturated rings. The van der Waals surface area contributed by atoms with E-state index in [-0.39, 0.29) is 5.69 Å². The van der Waals surface area contributed by atoms with Crippen LogP contribution >= 0.6 is 23.5 Å². The zero-order valence-corrected chi connectivity index (χ0v) is 14.6. The number of rotatable bonds is 3. The van der Waals surface area contributed by atoms with Gasteiger partial charge in [0.05, 0.1) is 11.2 Å². The normalized spacial score (nSPS) is 10.7. The van der Waals surface area contributed by atoms with E-state index in [1.807, 2.05) is 42.5 Å². The van der Waals surface area contributed by atoms with Crippen LogP contribution in [0.15, 0.2) is 48.5 Å². The zero-order valence-electron chi connectivity index (χ0n) is 13.1. The van der Waals surface area contributed by atoms with Crippen molar-refractivity contribution in [1.82, 2.24) is 20.4 Å². The van der Waals surface area contributed by atoms with E-state index in [4.69, 9.17) is 27.8 Å². The summed E-state index contributed by atoms with van der Waals surface area (Å²) in [6, 6.07) is 16.7. The lowest BCUT2D eigenvalue weighted by molar-refractivity contribution is 0.620. The quantitative estimate of drug-likeness (QED) is 0.553. The molecule has 4 aromatic rings. The zero-order chi connectivity index (χ0) is 18.1. The second-order valence-corrected chi connectivity index (χ2v) is 6.04. The van der Waals surface area contributed by atoms with E-state index in [2.05, 4.69) is 20.4 Å². The number of pyridine rings is 1. The van der Waals surface area contributed by atoms with Crippen molar-refractivity contribution in [2.45, 2.75) is 0 Å². The van der Waals surface area contributed by atoms with Crippen LogP contribution in [-0.4, -0.2) is 20.4 Å². The molecule has 26 heavy (non-hydrogen) atoms. The van der Waals surface area contributed by atoms with Crippen molar-refractivity contribution in [1.29, 1.82) is 5.26 Å². The average molecular weight is 382 g/mol. The molecule has 0 saturated carbocycles. The molecule has 6 nitrogen and oxygen atoms in total. The summed E-state index contributed by atoms with van der Waals surface area (Å²) >= 11 is 11.5. The molecule has 2 aromatic carbocycles. The molecule has 0 saturated heterocycles. The Morgan fingerprint density at radius 2 is 1.85 bits per heavy atom. The van der Waals surface area contributed by atoms with Crippen LogP contribution < -0.4 is 4.29 Å². The Kier molecular flexibility index (Phi) is 4.17. The van der Waals surface area contributed by atoms with Crippen LogP contribution in [0.5, 0.6) is 5.75 Å². The van der Waals surface area contributed by atoms with Crippen LogP contribution in [-0.2, 0) is 0 Å². The first kappa shape index (κ1) is 16.3. The maximum absolute atomic E-state index is 9.23. The SMILES string of the molecule is N#Cc1n[nH]nc1-c1cc(-c2ccc(Cl)cc2)c2ccc(OCl)cc2n1. The van der Waals surface area contributed by atoms with E-state index >= 15 is 0 Å². The van der Waals surface area contributed by atoms with Gasteiger partial charge >= 0.3 is 0 Å². The van der Waals surface area contributed by atoms with E-state index in [0.29, 0.717) is 27.7 Å². The summed E-state index contributed by atoms with van der Waals surface area (Å²) in [5.41, 5.74) is 3.57. The van der Waals surface area contributed by atoms with Gasteiger partial charge in [-0.2, -0.15) is 15.6 Å². The molecule has 0 amide bonds. The third-order valence-corrected chi connectivity index (χ3v) is 4.35. The molecule has 2 aromatic heterocycles. The molecule has 4 rings (SSSR count). The summed E-state index contributed by atoms with van der Waals surface area (Å²) in [6.45, 7) is 0. The number of hydrogen-bond donors (Lipinski definition) is 1. The Morgan fingerprint density at radius 1 is 1.04 bits per heavy atom. The number of H-pyrrole nitrogens is 1. The van der Waals surface area contributed by atoms with E-state index < -0.39 is 0 Å². The van der Waals surface area contributed by atoms with Crippen LogP contribution in [0, 0.1) is 11.3 Å². The first-order valence-corrected chi connectivity index (χ1v) is 8.19. The van der Waals surface area contributed by atoms with E-state index in [9.17, 15) is 5.26 Å². The van der Waals surface area contributed by atoms with Crippen LogP contribution in [0.4, 0.5) is 0 Å². The smallest absolute Gasteiger partial charge is 0.192 e. The van der Waals surface area contributed by atoms with Crippen molar-refractivity contribution in [3.63, 3.8) is 0 Å². The lowest BCUT2D eigenvalue weighted by Gasteiger charge is -2.10. The van der Waals surface area contributed by atoms with Gasteiger partial charge in [-0.25, -0.2) is 4.98 Å². The van der Waals surface area contributed by atoms with E-state index in [0.717, 1.165) is 16.5 Å². The lowest BCUT2D eigenvalue weighted by Crippen LogP contribution is -1.92. The highest BCUT2D eigenvalue weighted by Gasteiger charge is 2.16. The second-order valence-electron chi connectivity index (χ2n) is 5.45. The number of nitriles is 1. The van der Waals surface area contributed by atoms with Crippen molar-refractivity contribution in [2.24, 2.45) is 0 Å². The molecule has 0 atom stereocenters. The molecule has 0 bridgehead atoms. The van der Waals surface area contributed by atoms with Crippen LogP contribution in [0.2, 0.25) is 5.02 Å². The molecule has 8 heteroatoms. The summed E-state index contributed by atoms with van der Waals surface area (Å²) < 4.78 is 4.79. The Morgan fingerprint density at radius 3 is 2.58 bits per heavy atom. The van der Waals surface area contributed by atoms with Gasteiger partial charge in [0.25, 0.3) is 0 Å². The van der Waals surface area contributed by atoms with Crippen molar-refractivity contribution in [2.75, 3.05) is 0 Å². The predicted molar refractivity (Wildman–Crippen MR) is 98.8 cm³/mol. The van der Waals surface area contributed by atoms with Crippen molar-refractivity contribution in [3.05, 3.63) is 59.2 Å². The maximum Gasteiger partial charge on any atom is 0.192 e. The number of benzene rings is 2. The third kappa shape index (κ3) is 2.84. The summed E-state index contributed by atoms with van der Waals surface area (Å²) in [7, 11) is 0. The van der Waals surface area contributed by atoms with Gasteiger partial charge in [-0.3, -0.25) is 0 Å². The van der Waals surface area contributed by atoms with E-state index in [1.54, 1.807) is 12.1 Å². The number of hydrogen-bond acceptors (Lipinski definition) is 5. The fourth-order valence-corrected chi connectivity index (χ4v) is 2.96. The minimum absolute atomic E-state index is 0.170. The topological polar surface area (TPSA) is 87.5 Å². The first-order chi connectivity index (χ1) is 12.7. The minimum Gasteiger partial charge on any atom is -0.386 e. The van der Waals surface area contributed by atoms with Crippen LogP contribution in [0.1, 0.15) is 5.69 Å². The maximum atomic E-state index is 9.23. The largest absolute Gasteiger partial charge is 0.386 e. The molecule has 126 valence electrons. The van der Waals surface area contributed by atoms with Gasteiger partial charge in [-0.1, -0.05) is 23.7 Å². The summed E-state index contributed by atoms with van der Waals surface area (Å²) in [5.74, 6) is 0.464. The Labute approximate surface area is 158 Å². The lowest BCUT2D eigenvalue weighted by atomic mass is 9.99. The highest BCUT2D eigenvalue weighted by Crippen LogP contribution is 2.34. The van der Waals surface area contributed by atoms with Gasteiger partial charge < -0.3 is 4.29 Å². The number of nitrogens with zero attached hydrogens (tertiary/aromatic N) is 4. The van der Waals surface area contributed by atoms with Gasteiger partial charge in [-0.15, -0.1) is 5.10 Å². The minimum atomic E-state index is 0.170. The van der Waals surface area contributed by atoms with E-state index in [1.165, 1.54) is 0 Å². The number of fused-ring (bicyclic) bond motifs is 1. The Hall–Kier alpha value is -3.14. The van der Waals surface area contributed by atoms with Gasteiger partial charge in [0.2, 0.25) is 0 Å². The summed E-state index contributed by atoms with van der Waals surface area (Å²) in [5, 5.41) is 21.1. The molecular weight excluding hydrogens is 373 g/mol. The second kappa shape index (κ2) is 6.64. The standard InChI is InChI=1S/C18H9Cl2N5O/c19-11-3-1-10(2-4-11)14-8-16(18-17(9-21)23-25-24-18)22-15-7-12(26-20)5-6-13(14)15/h1-8H,(H,23,24,25). The number of aromatic nitrogens is 4. The van der Waals surface area contributed by atoms with Gasteiger partial charge in [0, 0.05) is 16.5 Å². The van der Waals surface area contributed by atoms with Gasteiger partial charge in [0.1, 0.15) is 29.4 Å². The van der Waals surface area contributed by atoms with Crippen LogP contribution in [0.3, 0.4) is 0 Å². The summed E-state index contributed by atoms with van der Waals surface area (Å²) in [4.78, 5) is 4.60. The van der Waals surface area contributed by atoms with Crippen LogP contribution in [0.25, 0.3) is 33.4 Å². The molecule has 0 aliphatic rings. The monoisotopic (exact) mass is 381 g/mol. The van der Waals surface area contributed by atoms with Gasteiger partial charge in [0.15, 0.2) is 5.69 Å². The molecule has 2 heterocycles. The number of halogens is 2. The van der Waals surface area contributed by atoms with Crippen molar-refractivity contribution in [3.8, 4) is 34.3 Å². The van der Waals surface area contributed by atoms with Crippen molar-refractivity contribution >= 4 is 34.4 Å². The molecule has 0 aliphatic carbocycles. The molecule has 0 aliphatic heterocycles. The molecule has 0 spiro atoms. The highest BCUT2D eigenvalue weighted by atomic mass is 35.5. The molecule has 1 N–H and O–H groups in total. The Balaban J connectivity index is 2.02. The predicted octanol–water partition coefficient (Wildman–Crippen LogP) is 4.74. The average Bonchev–Trinajstić information content (AvgIpc) is 3.16. The van der Waals surface area contributed by atoms with Gasteiger partial charge in [-0.05, 0) is 41.5 Å². The third-order valence-electron chi connectivity index (χ3n) is 3.92.